The highest BCUT2D eigenvalue weighted by Crippen LogP contribution is 2.45. The van der Waals surface area contributed by atoms with E-state index < -0.39 is 11.6 Å². The first-order chi connectivity index (χ1) is 9.19. The molecule has 0 unspecified atom stereocenters. The predicted molar refractivity (Wildman–Crippen MR) is 78.4 cm³/mol. The summed E-state index contributed by atoms with van der Waals surface area (Å²) in [4.78, 5) is 0. The van der Waals surface area contributed by atoms with Crippen molar-refractivity contribution in [1.82, 2.24) is 5.32 Å². The molecule has 1 aromatic carbocycles. The minimum atomic E-state index is -0.770. The number of benzene rings is 1. The van der Waals surface area contributed by atoms with Crippen molar-refractivity contribution in [2.45, 2.75) is 59.5 Å². The zero-order chi connectivity index (χ0) is 15.0. The van der Waals surface area contributed by atoms with E-state index in [1.165, 1.54) is 6.42 Å². The Balaban J connectivity index is 2.02. The maximum atomic E-state index is 13.6. The molecular formula is C17H25F2N. The van der Waals surface area contributed by atoms with Gasteiger partial charge in [0, 0.05) is 18.2 Å². The van der Waals surface area contributed by atoms with Crippen molar-refractivity contribution < 1.29 is 8.78 Å². The number of hydrogen-bond donors (Lipinski definition) is 1. The second-order valence-electron chi connectivity index (χ2n) is 7.70. The summed E-state index contributed by atoms with van der Waals surface area (Å²) < 4.78 is 26.8. The van der Waals surface area contributed by atoms with Gasteiger partial charge in [0.15, 0.2) is 11.6 Å². The molecule has 1 aromatic rings. The fraction of sp³-hybridized carbons (Fsp3) is 0.647. The van der Waals surface area contributed by atoms with Gasteiger partial charge in [0.25, 0.3) is 0 Å². The SMILES string of the molecule is CC1(C)CC(NCc2cccc(F)c2F)CC(C)(C)C1. The van der Waals surface area contributed by atoms with Gasteiger partial charge in [-0.25, -0.2) is 8.78 Å². The molecule has 3 heteroatoms. The van der Waals surface area contributed by atoms with Crippen LogP contribution in [0, 0.1) is 22.5 Å². The molecule has 1 aliphatic carbocycles. The lowest BCUT2D eigenvalue weighted by Crippen LogP contribution is -2.43. The number of halogens is 2. The van der Waals surface area contributed by atoms with Gasteiger partial charge in [-0.05, 0) is 36.2 Å². The monoisotopic (exact) mass is 281 g/mol. The molecule has 1 nitrogen and oxygen atoms in total. The first-order valence-corrected chi connectivity index (χ1v) is 7.35. The van der Waals surface area contributed by atoms with Crippen LogP contribution in [0.5, 0.6) is 0 Å². The summed E-state index contributed by atoms with van der Waals surface area (Å²) in [5.74, 6) is -1.50. The molecule has 0 bridgehead atoms. The molecule has 1 saturated carbocycles. The molecule has 1 N–H and O–H groups in total. The molecular weight excluding hydrogens is 256 g/mol. The van der Waals surface area contributed by atoms with Crippen molar-refractivity contribution in [3.63, 3.8) is 0 Å². The molecule has 0 spiro atoms. The highest BCUT2D eigenvalue weighted by atomic mass is 19.2. The van der Waals surface area contributed by atoms with Gasteiger partial charge in [0.05, 0.1) is 0 Å². The standard InChI is InChI=1S/C17H25F2N/c1-16(2)8-13(9-17(3,4)11-16)20-10-12-6-5-7-14(18)15(12)19/h5-7,13,20H,8-11H2,1-4H3. The van der Waals surface area contributed by atoms with Crippen LogP contribution in [0.15, 0.2) is 18.2 Å². The summed E-state index contributed by atoms with van der Waals surface area (Å²) in [6.45, 7) is 9.52. The van der Waals surface area contributed by atoms with E-state index in [0.29, 0.717) is 29.0 Å². The second kappa shape index (κ2) is 5.44. The van der Waals surface area contributed by atoms with Crippen LogP contribution in [-0.4, -0.2) is 6.04 Å². The average Bonchev–Trinajstić information content (AvgIpc) is 2.27. The zero-order valence-electron chi connectivity index (χ0n) is 12.9. The van der Waals surface area contributed by atoms with Crippen molar-refractivity contribution in [3.8, 4) is 0 Å². The highest BCUT2D eigenvalue weighted by molar-refractivity contribution is 5.18. The maximum Gasteiger partial charge on any atom is 0.163 e. The largest absolute Gasteiger partial charge is 0.310 e. The van der Waals surface area contributed by atoms with E-state index in [1.807, 2.05) is 0 Å². The van der Waals surface area contributed by atoms with Gasteiger partial charge >= 0.3 is 0 Å². The van der Waals surface area contributed by atoms with Gasteiger partial charge in [-0.3, -0.25) is 0 Å². The van der Waals surface area contributed by atoms with E-state index in [-0.39, 0.29) is 0 Å². The van der Waals surface area contributed by atoms with E-state index >= 15 is 0 Å². The van der Waals surface area contributed by atoms with Crippen molar-refractivity contribution in [3.05, 3.63) is 35.4 Å². The average molecular weight is 281 g/mol. The molecule has 1 fully saturated rings. The fourth-order valence-electron chi connectivity index (χ4n) is 3.93. The van der Waals surface area contributed by atoms with Crippen molar-refractivity contribution in [2.24, 2.45) is 10.8 Å². The van der Waals surface area contributed by atoms with Gasteiger partial charge in [-0.1, -0.05) is 39.8 Å². The molecule has 0 amide bonds. The van der Waals surface area contributed by atoms with Crippen molar-refractivity contribution in [1.29, 1.82) is 0 Å². The minimum Gasteiger partial charge on any atom is -0.310 e. The number of nitrogens with one attached hydrogen (secondary N) is 1. The van der Waals surface area contributed by atoms with Crippen LogP contribution in [-0.2, 0) is 6.54 Å². The normalized spacial score (nSPS) is 21.9. The van der Waals surface area contributed by atoms with Crippen LogP contribution >= 0.6 is 0 Å². The van der Waals surface area contributed by atoms with Gasteiger partial charge in [0.1, 0.15) is 0 Å². The lowest BCUT2D eigenvalue weighted by Gasteiger charge is -2.45. The summed E-state index contributed by atoms with van der Waals surface area (Å²) in [6.07, 6.45) is 3.35. The third-order valence-electron chi connectivity index (χ3n) is 4.17. The second-order valence-corrected chi connectivity index (χ2v) is 7.70. The molecule has 0 aliphatic heterocycles. The minimum absolute atomic E-state index is 0.292. The predicted octanol–water partition coefficient (Wildman–Crippen LogP) is 4.66. The third kappa shape index (κ3) is 3.78. The van der Waals surface area contributed by atoms with Crippen LogP contribution in [0.4, 0.5) is 8.78 Å². The lowest BCUT2D eigenvalue weighted by atomic mass is 9.63. The Morgan fingerprint density at radius 2 is 1.70 bits per heavy atom. The molecule has 0 atom stereocenters. The first-order valence-electron chi connectivity index (χ1n) is 7.35. The molecule has 0 saturated heterocycles. The Morgan fingerprint density at radius 1 is 1.10 bits per heavy atom. The number of hydrogen-bond acceptors (Lipinski definition) is 1. The smallest absolute Gasteiger partial charge is 0.163 e. The maximum absolute atomic E-state index is 13.6. The molecule has 0 heterocycles. The summed E-state index contributed by atoms with van der Waals surface area (Å²) in [7, 11) is 0. The molecule has 0 aromatic heterocycles. The van der Waals surface area contributed by atoms with Crippen LogP contribution in [0.3, 0.4) is 0 Å². The zero-order valence-corrected chi connectivity index (χ0v) is 12.9. The van der Waals surface area contributed by atoms with Crippen molar-refractivity contribution in [2.75, 3.05) is 0 Å². The molecule has 20 heavy (non-hydrogen) atoms. The van der Waals surface area contributed by atoms with E-state index in [0.717, 1.165) is 18.9 Å². The summed E-state index contributed by atoms with van der Waals surface area (Å²) >= 11 is 0. The van der Waals surface area contributed by atoms with Gasteiger partial charge in [0.2, 0.25) is 0 Å². The molecule has 1 aliphatic rings. The summed E-state index contributed by atoms with van der Waals surface area (Å²) in [5, 5.41) is 3.41. The van der Waals surface area contributed by atoms with Crippen molar-refractivity contribution >= 4 is 0 Å². The van der Waals surface area contributed by atoms with Gasteiger partial charge in [-0.2, -0.15) is 0 Å². The summed E-state index contributed by atoms with van der Waals surface area (Å²) in [6, 6.07) is 4.72. The van der Waals surface area contributed by atoms with E-state index in [1.54, 1.807) is 12.1 Å². The molecule has 112 valence electrons. The van der Waals surface area contributed by atoms with Crippen LogP contribution < -0.4 is 5.32 Å². The fourth-order valence-corrected chi connectivity index (χ4v) is 3.93. The van der Waals surface area contributed by atoms with Gasteiger partial charge in [-0.15, -0.1) is 0 Å². The van der Waals surface area contributed by atoms with Crippen LogP contribution in [0.1, 0.15) is 52.5 Å². The van der Waals surface area contributed by atoms with E-state index in [9.17, 15) is 8.78 Å². The van der Waals surface area contributed by atoms with Crippen LogP contribution in [0.2, 0.25) is 0 Å². The Hall–Kier alpha value is -0.960. The Bertz CT molecular complexity index is 464. The Labute approximate surface area is 120 Å². The Kier molecular flexibility index (Phi) is 4.19. The molecule has 0 radical (unpaired) electrons. The highest BCUT2D eigenvalue weighted by Gasteiger charge is 2.38. The molecule has 2 rings (SSSR count). The Morgan fingerprint density at radius 3 is 2.30 bits per heavy atom. The topological polar surface area (TPSA) is 12.0 Å². The number of rotatable bonds is 3. The van der Waals surface area contributed by atoms with Crippen LogP contribution in [0.25, 0.3) is 0 Å². The summed E-state index contributed by atoms with van der Waals surface area (Å²) in [5.41, 5.74) is 0.992. The van der Waals surface area contributed by atoms with Gasteiger partial charge < -0.3 is 5.32 Å². The lowest BCUT2D eigenvalue weighted by molar-refractivity contribution is 0.0843. The third-order valence-corrected chi connectivity index (χ3v) is 4.17. The van der Waals surface area contributed by atoms with E-state index in [2.05, 4.69) is 33.0 Å². The quantitative estimate of drug-likeness (QED) is 0.849. The first kappa shape index (κ1) is 15.4. The van der Waals surface area contributed by atoms with E-state index in [4.69, 9.17) is 0 Å².